The molecule has 1 aromatic rings. The quantitative estimate of drug-likeness (QED) is 0.833. The molecule has 104 valence electrons. The van der Waals surface area contributed by atoms with E-state index in [1.54, 1.807) is 0 Å². The molecule has 1 saturated carbocycles. The number of hydrogen-bond acceptors (Lipinski definition) is 3. The van der Waals surface area contributed by atoms with Gasteiger partial charge in [-0.1, -0.05) is 12.8 Å². The van der Waals surface area contributed by atoms with Crippen LogP contribution in [0.15, 0.2) is 12.1 Å². The molecule has 0 amide bonds. The van der Waals surface area contributed by atoms with E-state index in [1.807, 2.05) is 6.92 Å². The monoisotopic (exact) mass is 269 g/mol. The number of nitrogens with one attached hydrogen (secondary N) is 1. The van der Waals surface area contributed by atoms with Gasteiger partial charge in [0.15, 0.2) is 0 Å². The molecule has 0 saturated heterocycles. The number of hydrogen-bond donors (Lipinski definition) is 1. The van der Waals surface area contributed by atoms with Crippen LogP contribution in [0.4, 0.5) is 14.5 Å². The fourth-order valence-electron chi connectivity index (χ4n) is 2.10. The summed E-state index contributed by atoms with van der Waals surface area (Å²) in [4.78, 5) is 11.4. The number of benzene rings is 1. The average molecular weight is 269 g/mol. The molecule has 1 aliphatic rings. The van der Waals surface area contributed by atoms with Gasteiger partial charge in [-0.05, 0) is 25.3 Å². The Labute approximate surface area is 111 Å². The second-order valence-corrected chi connectivity index (χ2v) is 5.03. The van der Waals surface area contributed by atoms with Crippen molar-refractivity contribution in [2.75, 3.05) is 12.4 Å². The zero-order valence-electron chi connectivity index (χ0n) is 11.0. The van der Waals surface area contributed by atoms with Gasteiger partial charge in [0.1, 0.15) is 11.6 Å². The zero-order chi connectivity index (χ0) is 14.0. The fourth-order valence-corrected chi connectivity index (χ4v) is 2.10. The Bertz CT molecular complexity index is 487. The molecule has 0 radical (unpaired) electrons. The Kier molecular flexibility index (Phi) is 4.02. The molecule has 1 aromatic carbocycles. The van der Waals surface area contributed by atoms with Gasteiger partial charge >= 0.3 is 5.97 Å². The van der Waals surface area contributed by atoms with Crippen molar-refractivity contribution in [2.45, 2.75) is 32.2 Å². The zero-order valence-corrected chi connectivity index (χ0v) is 11.0. The van der Waals surface area contributed by atoms with Gasteiger partial charge in [0, 0.05) is 12.1 Å². The standard InChI is InChI=1S/C14H17F2NO2/c1-8(5-9-3-4-9)17-13-6-10(14(18)19-2)11(15)7-12(13)16/h6-9,17H,3-5H2,1-2H3. The molecule has 5 heteroatoms. The maximum absolute atomic E-state index is 13.7. The van der Waals surface area contributed by atoms with Crippen LogP contribution in [0, 0.1) is 17.6 Å². The molecule has 1 aliphatic carbocycles. The predicted octanol–water partition coefficient (Wildman–Crippen LogP) is 3.35. The molecule has 0 aliphatic heterocycles. The van der Waals surface area contributed by atoms with Gasteiger partial charge < -0.3 is 10.1 Å². The van der Waals surface area contributed by atoms with Crippen molar-refractivity contribution in [1.29, 1.82) is 0 Å². The van der Waals surface area contributed by atoms with Crippen LogP contribution in [0.1, 0.15) is 36.5 Å². The third kappa shape index (κ3) is 3.43. The Balaban J connectivity index is 2.16. The van der Waals surface area contributed by atoms with Crippen molar-refractivity contribution in [3.63, 3.8) is 0 Å². The first-order valence-corrected chi connectivity index (χ1v) is 6.35. The van der Waals surface area contributed by atoms with E-state index >= 15 is 0 Å². The minimum absolute atomic E-state index is 0.0814. The van der Waals surface area contributed by atoms with E-state index in [0.29, 0.717) is 12.0 Å². The first kappa shape index (κ1) is 13.8. The molecule has 0 spiro atoms. The van der Waals surface area contributed by atoms with Crippen LogP contribution in [0.2, 0.25) is 0 Å². The highest BCUT2D eigenvalue weighted by Crippen LogP contribution is 2.34. The number of anilines is 1. The van der Waals surface area contributed by atoms with E-state index in [9.17, 15) is 13.6 Å². The van der Waals surface area contributed by atoms with Gasteiger partial charge in [0.2, 0.25) is 0 Å². The van der Waals surface area contributed by atoms with E-state index < -0.39 is 17.6 Å². The van der Waals surface area contributed by atoms with E-state index in [-0.39, 0.29) is 17.3 Å². The van der Waals surface area contributed by atoms with Crippen molar-refractivity contribution in [1.82, 2.24) is 0 Å². The molecule has 19 heavy (non-hydrogen) atoms. The van der Waals surface area contributed by atoms with Crippen LogP contribution >= 0.6 is 0 Å². The third-order valence-corrected chi connectivity index (χ3v) is 3.25. The first-order valence-electron chi connectivity index (χ1n) is 6.35. The van der Waals surface area contributed by atoms with Gasteiger partial charge in [0.05, 0.1) is 18.4 Å². The van der Waals surface area contributed by atoms with Crippen LogP contribution in [0.25, 0.3) is 0 Å². The molecule has 0 bridgehead atoms. The largest absolute Gasteiger partial charge is 0.465 e. The molecule has 0 aromatic heterocycles. The molecule has 2 rings (SSSR count). The lowest BCUT2D eigenvalue weighted by atomic mass is 10.1. The molecular weight excluding hydrogens is 252 g/mol. The second kappa shape index (κ2) is 5.55. The van der Waals surface area contributed by atoms with E-state index in [1.165, 1.54) is 18.9 Å². The molecule has 1 N–H and O–H groups in total. The number of carbonyl (C=O) groups excluding carboxylic acids is 1. The number of carbonyl (C=O) groups is 1. The average Bonchev–Trinajstić information content (AvgIpc) is 3.15. The number of rotatable bonds is 5. The number of halogens is 2. The summed E-state index contributed by atoms with van der Waals surface area (Å²) in [6, 6.07) is 1.95. The Morgan fingerprint density at radius 1 is 1.42 bits per heavy atom. The summed E-state index contributed by atoms with van der Waals surface area (Å²) in [6.07, 6.45) is 3.38. The van der Waals surface area contributed by atoms with E-state index in [2.05, 4.69) is 10.1 Å². The Morgan fingerprint density at radius 3 is 2.68 bits per heavy atom. The highest BCUT2D eigenvalue weighted by molar-refractivity contribution is 5.90. The normalized spacial score (nSPS) is 16.0. The summed E-state index contributed by atoms with van der Waals surface area (Å²) < 4.78 is 31.6. The minimum atomic E-state index is -0.912. The van der Waals surface area contributed by atoms with Crippen molar-refractivity contribution < 1.29 is 18.3 Å². The van der Waals surface area contributed by atoms with E-state index in [0.717, 1.165) is 13.5 Å². The molecule has 3 nitrogen and oxygen atoms in total. The summed E-state index contributed by atoms with van der Waals surface area (Å²) in [5.41, 5.74) is -0.125. The van der Waals surface area contributed by atoms with Crippen molar-refractivity contribution in [2.24, 2.45) is 5.92 Å². The fraction of sp³-hybridized carbons (Fsp3) is 0.500. The molecule has 1 atom stereocenters. The summed E-state index contributed by atoms with van der Waals surface area (Å²) >= 11 is 0. The van der Waals surface area contributed by atoms with Crippen LogP contribution in [0.3, 0.4) is 0 Å². The highest BCUT2D eigenvalue weighted by Gasteiger charge is 2.24. The SMILES string of the molecule is COC(=O)c1cc(NC(C)CC2CC2)c(F)cc1F. The van der Waals surface area contributed by atoms with Crippen molar-refractivity contribution >= 4 is 11.7 Å². The maximum Gasteiger partial charge on any atom is 0.340 e. The third-order valence-electron chi connectivity index (χ3n) is 3.25. The smallest absolute Gasteiger partial charge is 0.340 e. The number of methoxy groups -OCH3 is 1. The van der Waals surface area contributed by atoms with Crippen LogP contribution in [-0.4, -0.2) is 19.1 Å². The second-order valence-electron chi connectivity index (χ2n) is 5.03. The number of esters is 1. The molecule has 0 heterocycles. The van der Waals surface area contributed by atoms with Gasteiger partial charge in [0.25, 0.3) is 0 Å². The Morgan fingerprint density at radius 2 is 2.11 bits per heavy atom. The lowest BCUT2D eigenvalue weighted by Crippen LogP contribution is -2.17. The molecule has 1 fully saturated rings. The molecule has 1 unspecified atom stereocenters. The molecular formula is C14H17F2NO2. The van der Waals surface area contributed by atoms with Gasteiger partial charge in [-0.3, -0.25) is 0 Å². The number of ether oxygens (including phenoxy) is 1. The summed E-state index contributed by atoms with van der Waals surface area (Å²) in [5, 5.41) is 2.98. The van der Waals surface area contributed by atoms with Crippen molar-refractivity contribution in [3.8, 4) is 0 Å². The van der Waals surface area contributed by atoms with Crippen molar-refractivity contribution in [3.05, 3.63) is 29.3 Å². The predicted molar refractivity (Wildman–Crippen MR) is 68.1 cm³/mol. The summed E-state index contributed by atoms with van der Waals surface area (Å²) in [5.74, 6) is -1.72. The summed E-state index contributed by atoms with van der Waals surface area (Å²) in [7, 11) is 1.16. The lowest BCUT2D eigenvalue weighted by molar-refractivity contribution is 0.0595. The highest BCUT2D eigenvalue weighted by atomic mass is 19.1. The van der Waals surface area contributed by atoms with E-state index in [4.69, 9.17) is 0 Å². The minimum Gasteiger partial charge on any atom is -0.465 e. The van der Waals surface area contributed by atoms with Gasteiger partial charge in [-0.2, -0.15) is 0 Å². The maximum atomic E-state index is 13.7. The Hall–Kier alpha value is -1.65. The van der Waals surface area contributed by atoms with Crippen LogP contribution < -0.4 is 5.32 Å². The topological polar surface area (TPSA) is 38.3 Å². The first-order chi connectivity index (χ1) is 9.01. The van der Waals surface area contributed by atoms with Gasteiger partial charge in [-0.25, -0.2) is 13.6 Å². The summed E-state index contributed by atoms with van der Waals surface area (Å²) in [6.45, 7) is 1.94. The van der Waals surface area contributed by atoms with Gasteiger partial charge in [-0.15, -0.1) is 0 Å². The van der Waals surface area contributed by atoms with Crippen LogP contribution in [0.5, 0.6) is 0 Å². The van der Waals surface area contributed by atoms with Crippen LogP contribution in [-0.2, 0) is 4.74 Å². The lowest BCUT2D eigenvalue weighted by Gasteiger charge is -2.16.